The van der Waals surface area contributed by atoms with Gasteiger partial charge < -0.3 is 24.0 Å². The number of ether oxygens (including phenoxy) is 2. The van der Waals surface area contributed by atoms with Crippen molar-refractivity contribution in [3.63, 3.8) is 0 Å². The summed E-state index contributed by atoms with van der Waals surface area (Å²) in [7, 11) is 3.60. The fourth-order valence-electron chi connectivity index (χ4n) is 9.94. The fraction of sp³-hybridized carbons (Fsp3) is 0.465. The second kappa shape index (κ2) is 15.5. The molecule has 2 N–H and O–H groups in total. The molecule has 3 aromatic carbocycles. The van der Waals surface area contributed by atoms with Crippen molar-refractivity contribution in [3.8, 4) is 11.5 Å². The van der Waals surface area contributed by atoms with Gasteiger partial charge in [-0.05, 0) is 81.6 Å². The number of fused-ring (bicyclic) bond motifs is 2. The number of urea groups is 1. The molecule has 15 nitrogen and oxygen atoms in total. The summed E-state index contributed by atoms with van der Waals surface area (Å²) in [6.07, 6.45) is 6.17. The number of nitrogens with zero attached hydrogens (tertiary/aromatic N) is 8. The van der Waals surface area contributed by atoms with E-state index in [4.69, 9.17) is 9.47 Å². The highest BCUT2D eigenvalue weighted by atomic mass is 32.2. The van der Waals surface area contributed by atoms with Gasteiger partial charge in [0.25, 0.3) is 5.56 Å². The molecule has 1 aliphatic carbocycles. The number of rotatable bonds is 10. The maximum Gasteiger partial charge on any atom is 0.329 e. The van der Waals surface area contributed by atoms with Crippen LogP contribution in [0.25, 0.3) is 21.8 Å². The summed E-state index contributed by atoms with van der Waals surface area (Å²) in [4.78, 5) is 48.6. The van der Waals surface area contributed by atoms with Gasteiger partial charge in [0.2, 0.25) is 11.7 Å². The molecule has 2 spiro atoms. The number of likely N-dealkylation sites (tertiary alicyclic amines) is 1. The molecular weight excluding hydrogens is 826 g/mol. The highest BCUT2D eigenvalue weighted by molar-refractivity contribution is 7.98. The number of amides is 3. The Morgan fingerprint density at radius 2 is 1.77 bits per heavy atom. The summed E-state index contributed by atoms with van der Waals surface area (Å²) in [6.45, 7) is 6.54. The standard InChI is InChI=1S/C43H47F3N10O5S/c1-4-51(2)62-50-33-8-6-30(44)38(37(33)46)61-27-5-7-32-28(15-27)40(58)56(24-47-32)26-20-43(60-21-26)10-13-53(14-11-43)25-18-42(19-25)22-54(23-42)35-17-34-29(16-31(35)45)39(49-52(34)3)55-12-9-36(57)48-41(55)59/h5-8,15-17,24-26,50H,4,9-14,18-23H2,1-3H3,(H,48,57,59). The molecule has 10 rings (SSSR count). The molecule has 5 aliphatic rings. The van der Waals surface area contributed by atoms with Crippen LogP contribution in [-0.4, -0.2) is 105 Å². The van der Waals surface area contributed by atoms with E-state index in [9.17, 15) is 18.8 Å². The Hall–Kier alpha value is -5.37. The van der Waals surface area contributed by atoms with Gasteiger partial charge in [-0.1, -0.05) is 6.92 Å². The van der Waals surface area contributed by atoms with Crippen molar-refractivity contribution < 1.29 is 32.2 Å². The summed E-state index contributed by atoms with van der Waals surface area (Å²) >= 11 is 1.18. The Labute approximate surface area is 359 Å². The van der Waals surface area contributed by atoms with Gasteiger partial charge in [-0.25, -0.2) is 27.3 Å². The predicted molar refractivity (Wildman–Crippen MR) is 229 cm³/mol. The molecule has 62 heavy (non-hydrogen) atoms. The first kappa shape index (κ1) is 40.7. The number of hydrogen-bond acceptors (Lipinski definition) is 12. The first-order valence-corrected chi connectivity index (χ1v) is 21.8. The Balaban J connectivity index is 0.746. The lowest BCUT2D eigenvalue weighted by Crippen LogP contribution is -2.67. The van der Waals surface area contributed by atoms with E-state index in [0.29, 0.717) is 53.5 Å². The Kier molecular flexibility index (Phi) is 10.1. The number of aryl methyl sites for hydroxylation is 1. The smallest absolute Gasteiger partial charge is 0.329 e. The van der Waals surface area contributed by atoms with Gasteiger partial charge >= 0.3 is 6.03 Å². The van der Waals surface area contributed by atoms with Gasteiger partial charge in [-0.15, -0.1) is 0 Å². The first-order valence-electron chi connectivity index (χ1n) is 21.0. The first-order chi connectivity index (χ1) is 29.8. The zero-order valence-electron chi connectivity index (χ0n) is 34.6. The van der Waals surface area contributed by atoms with Crippen LogP contribution in [0.2, 0.25) is 0 Å². The molecule has 0 radical (unpaired) electrons. The van der Waals surface area contributed by atoms with Gasteiger partial charge in [0.05, 0.1) is 52.4 Å². The largest absolute Gasteiger partial charge is 0.451 e. The lowest BCUT2D eigenvalue weighted by Gasteiger charge is -2.62. The number of hydrogen-bond donors (Lipinski definition) is 2. The average molecular weight is 873 g/mol. The number of anilines is 3. The molecule has 1 atom stereocenters. The van der Waals surface area contributed by atoms with E-state index in [1.165, 1.54) is 41.3 Å². The van der Waals surface area contributed by atoms with E-state index in [0.717, 1.165) is 57.9 Å². The van der Waals surface area contributed by atoms with Crippen LogP contribution in [0.15, 0.2) is 53.6 Å². The third-order valence-electron chi connectivity index (χ3n) is 13.5. The second-order valence-electron chi connectivity index (χ2n) is 17.4. The van der Waals surface area contributed by atoms with Crippen molar-refractivity contribution in [2.24, 2.45) is 12.5 Å². The van der Waals surface area contributed by atoms with E-state index < -0.39 is 23.4 Å². The van der Waals surface area contributed by atoms with Gasteiger partial charge in [0.15, 0.2) is 17.5 Å². The van der Waals surface area contributed by atoms with Crippen LogP contribution in [0.5, 0.6) is 11.5 Å². The highest BCUT2D eigenvalue weighted by Crippen LogP contribution is 2.53. The minimum atomic E-state index is -0.882. The molecule has 326 valence electrons. The maximum atomic E-state index is 15.7. The number of benzene rings is 3. The Bertz CT molecular complexity index is 2670. The SMILES string of the molecule is CCN(C)SNc1ccc(F)c(Oc2ccc3ncn(C4COC5(CCN(C6CC7(C6)CN(c6cc8c(cc6F)c(N6CCC(=O)NC6=O)nn8C)C7)CC5)C4)c(=O)c3c2)c1F. The number of imide groups is 1. The summed E-state index contributed by atoms with van der Waals surface area (Å²) in [6, 6.07) is 9.99. The van der Waals surface area contributed by atoms with E-state index in [1.807, 2.05) is 18.3 Å². The monoisotopic (exact) mass is 872 g/mol. The minimum Gasteiger partial charge on any atom is -0.451 e. The molecule has 3 amide bonds. The minimum absolute atomic E-state index is 0.0679. The summed E-state index contributed by atoms with van der Waals surface area (Å²) in [5.41, 5.74) is 1.28. The predicted octanol–water partition coefficient (Wildman–Crippen LogP) is 6.33. The van der Waals surface area contributed by atoms with Crippen LogP contribution in [-0.2, 0) is 16.6 Å². The molecule has 0 bridgehead atoms. The second-order valence-corrected chi connectivity index (χ2v) is 18.5. The quantitative estimate of drug-likeness (QED) is 0.152. The van der Waals surface area contributed by atoms with Crippen LogP contribution < -0.4 is 30.1 Å². The summed E-state index contributed by atoms with van der Waals surface area (Å²) < 4.78 is 66.0. The number of nitrogens with one attached hydrogen (secondary N) is 2. The van der Waals surface area contributed by atoms with Gasteiger partial charge in [0, 0.05) is 81.7 Å². The number of halogens is 3. The van der Waals surface area contributed by atoms with Gasteiger partial charge in [-0.3, -0.25) is 29.1 Å². The zero-order chi connectivity index (χ0) is 43.1. The fourth-order valence-corrected chi connectivity index (χ4v) is 10.5. The maximum absolute atomic E-state index is 15.7. The molecule has 2 aromatic heterocycles. The van der Waals surface area contributed by atoms with Crippen molar-refractivity contribution in [1.82, 2.24) is 33.9 Å². The zero-order valence-corrected chi connectivity index (χ0v) is 35.4. The summed E-state index contributed by atoms with van der Waals surface area (Å²) in [5, 5.41) is 7.62. The highest BCUT2D eigenvalue weighted by Gasteiger charge is 2.55. The van der Waals surface area contributed by atoms with E-state index >= 15 is 8.78 Å². The molecule has 4 aliphatic heterocycles. The Morgan fingerprint density at radius 3 is 2.53 bits per heavy atom. The van der Waals surface area contributed by atoms with Crippen molar-refractivity contribution in [2.45, 2.75) is 63.1 Å². The van der Waals surface area contributed by atoms with E-state index in [-0.39, 0.29) is 64.1 Å². The van der Waals surface area contributed by atoms with Crippen LogP contribution >= 0.6 is 12.1 Å². The molecule has 4 saturated heterocycles. The normalized spacial score (nSPS) is 21.3. The number of carbonyl (C=O) groups excluding carboxylic acids is 2. The lowest BCUT2D eigenvalue weighted by molar-refractivity contribution is -0.120. The van der Waals surface area contributed by atoms with Crippen molar-refractivity contribution >= 4 is 63.1 Å². The van der Waals surface area contributed by atoms with Gasteiger partial charge in [-0.2, -0.15) is 5.10 Å². The van der Waals surface area contributed by atoms with Crippen LogP contribution in [0.1, 0.15) is 51.5 Å². The molecule has 6 heterocycles. The average Bonchev–Trinajstić information content (AvgIpc) is 3.78. The third kappa shape index (κ3) is 7.11. The molecule has 19 heteroatoms. The molecular formula is C43H47F3N10O5S. The summed E-state index contributed by atoms with van der Waals surface area (Å²) in [5.74, 6) is -2.58. The van der Waals surface area contributed by atoms with Crippen LogP contribution in [0, 0.1) is 22.9 Å². The number of aromatic nitrogens is 4. The van der Waals surface area contributed by atoms with Crippen molar-refractivity contribution in [3.05, 3.63) is 76.6 Å². The van der Waals surface area contributed by atoms with Gasteiger partial charge in [0.1, 0.15) is 11.6 Å². The topological polar surface area (TPSA) is 142 Å². The van der Waals surface area contributed by atoms with Crippen molar-refractivity contribution in [2.75, 3.05) is 67.4 Å². The van der Waals surface area contributed by atoms with Crippen molar-refractivity contribution in [1.29, 1.82) is 0 Å². The number of piperidine rings is 1. The Morgan fingerprint density at radius 1 is 0.984 bits per heavy atom. The molecule has 5 fully saturated rings. The van der Waals surface area contributed by atoms with Crippen LogP contribution in [0.3, 0.4) is 0 Å². The third-order valence-corrected chi connectivity index (χ3v) is 14.4. The van der Waals surface area contributed by atoms with E-state index in [2.05, 4.69) is 29.9 Å². The molecule has 1 unspecified atom stereocenters. The lowest BCUT2D eigenvalue weighted by atomic mass is 9.59. The molecule has 5 aromatic rings. The number of carbonyl (C=O) groups is 2. The molecule has 1 saturated carbocycles. The van der Waals surface area contributed by atoms with E-state index in [1.54, 1.807) is 34.8 Å². The van der Waals surface area contributed by atoms with Crippen LogP contribution in [0.4, 0.5) is 35.2 Å².